The quantitative estimate of drug-likeness (QED) is 0.845. The smallest absolute Gasteiger partial charge is 0.310 e. The van der Waals surface area contributed by atoms with E-state index in [1.54, 1.807) is 23.6 Å². The van der Waals surface area contributed by atoms with Crippen molar-refractivity contribution in [3.63, 3.8) is 0 Å². The number of rotatable bonds is 4. The van der Waals surface area contributed by atoms with Crippen LogP contribution in [0.2, 0.25) is 0 Å². The molecule has 0 bridgehead atoms. The molecule has 0 aliphatic heterocycles. The molecule has 1 aliphatic carbocycles. The lowest BCUT2D eigenvalue weighted by Gasteiger charge is -2.12. The molecular weight excluding hydrogens is 310 g/mol. The topological polar surface area (TPSA) is 83.5 Å². The first-order chi connectivity index (χ1) is 9.97. The second-order valence-corrected chi connectivity index (χ2v) is 7.48. The summed E-state index contributed by atoms with van der Waals surface area (Å²) in [6.45, 7) is 0. The number of carboxylic acid groups (broad SMARTS) is 1. The van der Waals surface area contributed by atoms with Crippen LogP contribution >= 0.6 is 11.3 Å². The maximum atomic E-state index is 12.5. The molecule has 0 fully saturated rings. The maximum Gasteiger partial charge on any atom is 0.310 e. The Morgan fingerprint density at radius 2 is 2.05 bits per heavy atom. The minimum Gasteiger partial charge on any atom is -0.481 e. The molecule has 0 spiro atoms. The lowest BCUT2D eigenvalue weighted by atomic mass is 10.1. The normalized spacial score (nSPS) is 21.9. The van der Waals surface area contributed by atoms with Crippen LogP contribution in [0.25, 0.3) is 10.1 Å². The first-order valence-corrected chi connectivity index (χ1v) is 8.73. The first kappa shape index (κ1) is 14.2. The Bertz CT molecular complexity index is 822. The Kier molecular flexibility index (Phi) is 3.56. The Morgan fingerprint density at radius 1 is 1.29 bits per heavy atom. The van der Waals surface area contributed by atoms with E-state index in [4.69, 9.17) is 5.11 Å². The standard InChI is InChI=1S/C14H13NO4S2/c16-14(17)9-5-6-10(7-9)15-21(18,19)13-8-20-12-4-2-1-3-11(12)13/h1-6,8-10,15H,7H2,(H,16,17). The molecule has 3 rings (SSSR count). The monoisotopic (exact) mass is 323 g/mol. The van der Waals surface area contributed by atoms with Crippen molar-refractivity contribution < 1.29 is 18.3 Å². The zero-order valence-corrected chi connectivity index (χ0v) is 12.5. The summed E-state index contributed by atoms with van der Waals surface area (Å²) in [5.74, 6) is -1.56. The average Bonchev–Trinajstić information content (AvgIpc) is 3.04. The highest BCUT2D eigenvalue weighted by Gasteiger charge is 2.29. The van der Waals surface area contributed by atoms with E-state index >= 15 is 0 Å². The molecule has 1 aliphatic rings. The molecule has 1 aromatic carbocycles. The largest absolute Gasteiger partial charge is 0.481 e. The van der Waals surface area contributed by atoms with Crippen molar-refractivity contribution in [2.24, 2.45) is 5.92 Å². The van der Waals surface area contributed by atoms with Gasteiger partial charge in [0.05, 0.1) is 5.92 Å². The van der Waals surface area contributed by atoms with Gasteiger partial charge in [0.15, 0.2) is 0 Å². The highest BCUT2D eigenvalue weighted by molar-refractivity contribution is 7.90. The van der Waals surface area contributed by atoms with Crippen LogP contribution in [0.15, 0.2) is 46.7 Å². The predicted octanol–water partition coefficient (Wildman–Crippen LogP) is 2.21. The van der Waals surface area contributed by atoms with Gasteiger partial charge in [0, 0.05) is 21.5 Å². The molecule has 2 atom stereocenters. The molecule has 0 saturated carbocycles. The molecule has 2 aromatic rings. The second-order valence-electron chi connectivity index (χ2n) is 4.89. The Labute approximate surface area is 126 Å². The average molecular weight is 323 g/mol. The van der Waals surface area contributed by atoms with E-state index in [0.717, 1.165) is 4.70 Å². The van der Waals surface area contributed by atoms with Crippen LogP contribution in [-0.2, 0) is 14.8 Å². The van der Waals surface area contributed by atoms with Crippen molar-refractivity contribution in [2.75, 3.05) is 0 Å². The van der Waals surface area contributed by atoms with E-state index in [0.29, 0.717) is 5.39 Å². The highest BCUT2D eigenvalue weighted by Crippen LogP contribution is 2.30. The van der Waals surface area contributed by atoms with E-state index in [1.807, 2.05) is 12.1 Å². The lowest BCUT2D eigenvalue weighted by molar-refractivity contribution is -0.140. The van der Waals surface area contributed by atoms with Crippen molar-refractivity contribution in [1.82, 2.24) is 4.72 Å². The third-order valence-corrected chi connectivity index (χ3v) is 6.08. The third kappa shape index (κ3) is 2.72. The molecule has 5 nitrogen and oxygen atoms in total. The summed E-state index contributed by atoms with van der Waals surface area (Å²) in [4.78, 5) is 11.1. The van der Waals surface area contributed by atoms with Gasteiger partial charge in [-0.05, 0) is 12.5 Å². The van der Waals surface area contributed by atoms with Gasteiger partial charge < -0.3 is 5.11 Å². The van der Waals surface area contributed by atoms with Gasteiger partial charge in [-0.3, -0.25) is 4.79 Å². The molecule has 2 N–H and O–H groups in total. The minimum absolute atomic E-state index is 0.246. The zero-order valence-electron chi connectivity index (χ0n) is 10.9. The number of benzene rings is 1. The number of aliphatic carboxylic acids is 1. The number of nitrogens with one attached hydrogen (secondary N) is 1. The summed E-state index contributed by atoms with van der Waals surface area (Å²) in [7, 11) is -3.66. The molecule has 0 saturated heterocycles. The van der Waals surface area contributed by atoms with Gasteiger partial charge in [0.25, 0.3) is 0 Å². The van der Waals surface area contributed by atoms with Gasteiger partial charge in [-0.1, -0.05) is 30.4 Å². The van der Waals surface area contributed by atoms with Crippen LogP contribution in [0, 0.1) is 5.92 Å². The summed E-state index contributed by atoms with van der Waals surface area (Å²) in [5, 5.41) is 11.2. The van der Waals surface area contributed by atoms with Gasteiger partial charge in [-0.2, -0.15) is 0 Å². The molecule has 0 radical (unpaired) electrons. The highest BCUT2D eigenvalue weighted by atomic mass is 32.2. The fraction of sp³-hybridized carbons (Fsp3) is 0.214. The number of fused-ring (bicyclic) bond motifs is 1. The Balaban J connectivity index is 1.85. The number of hydrogen-bond acceptors (Lipinski definition) is 4. The molecule has 1 heterocycles. The molecule has 21 heavy (non-hydrogen) atoms. The van der Waals surface area contributed by atoms with Crippen LogP contribution in [0.3, 0.4) is 0 Å². The SMILES string of the molecule is O=C(O)C1C=CC(NS(=O)(=O)c2csc3ccccc23)C1. The van der Waals surface area contributed by atoms with Gasteiger partial charge in [-0.15, -0.1) is 11.3 Å². The van der Waals surface area contributed by atoms with Crippen molar-refractivity contribution in [3.05, 3.63) is 41.8 Å². The van der Waals surface area contributed by atoms with E-state index in [1.165, 1.54) is 17.4 Å². The molecule has 110 valence electrons. The minimum atomic E-state index is -3.66. The van der Waals surface area contributed by atoms with Crippen LogP contribution < -0.4 is 4.72 Å². The molecule has 2 unspecified atom stereocenters. The second kappa shape index (κ2) is 5.25. The molecule has 0 amide bonds. The fourth-order valence-electron chi connectivity index (χ4n) is 2.39. The van der Waals surface area contributed by atoms with Crippen LogP contribution in [0.5, 0.6) is 0 Å². The fourth-order valence-corrected chi connectivity index (χ4v) is 5.10. The summed E-state index contributed by atoms with van der Waals surface area (Å²) in [6, 6.07) is 6.82. The Hall–Kier alpha value is -1.70. The maximum absolute atomic E-state index is 12.5. The van der Waals surface area contributed by atoms with Gasteiger partial charge in [-0.25, -0.2) is 13.1 Å². The number of sulfonamides is 1. The molecule has 1 aromatic heterocycles. The summed E-state index contributed by atoms with van der Waals surface area (Å²) < 4.78 is 28.4. The zero-order chi connectivity index (χ0) is 15.0. The van der Waals surface area contributed by atoms with Crippen LogP contribution in [0.4, 0.5) is 0 Å². The predicted molar refractivity (Wildman–Crippen MR) is 80.8 cm³/mol. The van der Waals surface area contributed by atoms with Gasteiger partial charge >= 0.3 is 5.97 Å². The number of thiophene rings is 1. The lowest BCUT2D eigenvalue weighted by Crippen LogP contribution is -2.33. The van der Waals surface area contributed by atoms with Gasteiger partial charge in [0.1, 0.15) is 4.90 Å². The van der Waals surface area contributed by atoms with E-state index in [-0.39, 0.29) is 11.3 Å². The van der Waals surface area contributed by atoms with Crippen LogP contribution in [-0.4, -0.2) is 25.5 Å². The number of hydrogen-bond donors (Lipinski definition) is 2. The third-order valence-electron chi connectivity index (χ3n) is 3.44. The first-order valence-electron chi connectivity index (χ1n) is 6.37. The van der Waals surface area contributed by atoms with E-state index < -0.39 is 28.0 Å². The van der Waals surface area contributed by atoms with Crippen molar-refractivity contribution in [2.45, 2.75) is 17.4 Å². The van der Waals surface area contributed by atoms with Gasteiger partial charge in [0.2, 0.25) is 10.0 Å². The summed E-state index contributed by atoms with van der Waals surface area (Å²) in [6.07, 6.45) is 3.38. The summed E-state index contributed by atoms with van der Waals surface area (Å²) in [5.41, 5.74) is 0. The Morgan fingerprint density at radius 3 is 2.76 bits per heavy atom. The van der Waals surface area contributed by atoms with Crippen molar-refractivity contribution in [1.29, 1.82) is 0 Å². The van der Waals surface area contributed by atoms with Crippen molar-refractivity contribution >= 4 is 37.4 Å². The molecular formula is C14H13NO4S2. The summed E-state index contributed by atoms with van der Waals surface area (Å²) >= 11 is 1.37. The van der Waals surface area contributed by atoms with E-state index in [2.05, 4.69) is 4.72 Å². The van der Waals surface area contributed by atoms with Crippen molar-refractivity contribution in [3.8, 4) is 0 Å². The number of carbonyl (C=O) groups is 1. The number of carboxylic acids is 1. The van der Waals surface area contributed by atoms with Crippen LogP contribution in [0.1, 0.15) is 6.42 Å². The van der Waals surface area contributed by atoms with E-state index in [9.17, 15) is 13.2 Å². The molecule has 7 heteroatoms.